The lowest BCUT2D eigenvalue weighted by Crippen LogP contribution is -2.01. The Kier molecular flexibility index (Phi) is 4.29. The zero-order valence-electron chi connectivity index (χ0n) is 11.7. The molecule has 0 aliphatic heterocycles. The lowest BCUT2D eigenvalue weighted by molar-refractivity contribution is 0.0702. The number of carboxylic acid groups (broad SMARTS) is 1. The normalized spacial score (nSPS) is 10.3. The SMILES string of the molecule is COc1ccc(NCc2cc(C(=O)O)sc2C)c(C)c1. The van der Waals surface area contributed by atoms with Crippen LogP contribution in [0, 0.1) is 13.8 Å². The summed E-state index contributed by atoms with van der Waals surface area (Å²) < 4.78 is 5.17. The van der Waals surface area contributed by atoms with E-state index < -0.39 is 5.97 Å². The van der Waals surface area contributed by atoms with Crippen molar-refractivity contribution in [3.8, 4) is 5.75 Å². The van der Waals surface area contributed by atoms with Gasteiger partial charge < -0.3 is 15.2 Å². The molecule has 0 unspecified atom stereocenters. The average molecular weight is 291 g/mol. The molecule has 2 aromatic rings. The Bertz CT molecular complexity index is 634. The highest BCUT2D eigenvalue weighted by Gasteiger charge is 2.11. The molecule has 5 heteroatoms. The van der Waals surface area contributed by atoms with E-state index in [4.69, 9.17) is 9.84 Å². The van der Waals surface area contributed by atoms with Crippen molar-refractivity contribution < 1.29 is 14.6 Å². The van der Waals surface area contributed by atoms with E-state index in [1.165, 1.54) is 11.3 Å². The maximum absolute atomic E-state index is 10.9. The molecule has 1 aromatic carbocycles. The largest absolute Gasteiger partial charge is 0.497 e. The van der Waals surface area contributed by atoms with Gasteiger partial charge in [0.15, 0.2) is 0 Å². The summed E-state index contributed by atoms with van der Waals surface area (Å²) in [6.07, 6.45) is 0. The van der Waals surface area contributed by atoms with Gasteiger partial charge in [0.05, 0.1) is 7.11 Å². The predicted molar refractivity (Wildman–Crippen MR) is 81.1 cm³/mol. The monoisotopic (exact) mass is 291 g/mol. The summed E-state index contributed by atoms with van der Waals surface area (Å²) in [7, 11) is 1.64. The molecule has 0 aliphatic rings. The standard InChI is InChI=1S/C15H17NO3S/c1-9-6-12(19-3)4-5-13(9)16-8-11-7-14(15(17)18)20-10(11)2/h4-7,16H,8H2,1-3H3,(H,17,18). The number of methoxy groups -OCH3 is 1. The number of aromatic carboxylic acids is 1. The van der Waals surface area contributed by atoms with Crippen LogP contribution in [0.25, 0.3) is 0 Å². The molecule has 106 valence electrons. The lowest BCUT2D eigenvalue weighted by Gasteiger charge is -2.10. The Morgan fingerprint density at radius 3 is 2.65 bits per heavy atom. The molecule has 1 aromatic heterocycles. The Labute approximate surface area is 122 Å². The molecule has 1 heterocycles. The molecule has 0 saturated heterocycles. The fourth-order valence-corrected chi connectivity index (χ4v) is 2.83. The van der Waals surface area contributed by atoms with Crippen molar-refractivity contribution >= 4 is 23.0 Å². The van der Waals surface area contributed by atoms with Crippen LogP contribution in [0.2, 0.25) is 0 Å². The van der Waals surface area contributed by atoms with E-state index >= 15 is 0 Å². The lowest BCUT2D eigenvalue weighted by atomic mass is 10.1. The number of carboxylic acids is 1. The number of carbonyl (C=O) groups is 1. The molecular weight excluding hydrogens is 274 g/mol. The summed E-state index contributed by atoms with van der Waals surface area (Å²) in [4.78, 5) is 12.4. The van der Waals surface area contributed by atoms with Gasteiger partial charge in [-0.05, 0) is 49.2 Å². The average Bonchev–Trinajstić information content (AvgIpc) is 2.79. The van der Waals surface area contributed by atoms with Gasteiger partial charge in [-0.2, -0.15) is 0 Å². The van der Waals surface area contributed by atoms with Crippen LogP contribution in [0.1, 0.15) is 25.7 Å². The van der Waals surface area contributed by atoms with Crippen molar-refractivity contribution in [3.63, 3.8) is 0 Å². The molecule has 0 fully saturated rings. The Balaban J connectivity index is 2.10. The van der Waals surface area contributed by atoms with Crippen LogP contribution in [0.5, 0.6) is 5.75 Å². The van der Waals surface area contributed by atoms with Crippen LogP contribution in [0.3, 0.4) is 0 Å². The highest BCUT2D eigenvalue weighted by molar-refractivity contribution is 7.14. The molecule has 0 amide bonds. The third-order valence-electron chi connectivity index (χ3n) is 3.13. The Hall–Kier alpha value is -2.01. The highest BCUT2D eigenvalue weighted by atomic mass is 32.1. The van der Waals surface area contributed by atoms with Crippen molar-refractivity contribution in [2.75, 3.05) is 12.4 Å². The van der Waals surface area contributed by atoms with Gasteiger partial charge in [0.1, 0.15) is 10.6 Å². The summed E-state index contributed by atoms with van der Waals surface area (Å²) in [6, 6.07) is 7.56. The van der Waals surface area contributed by atoms with Crippen LogP contribution >= 0.6 is 11.3 Å². The van der Waals surface area contributed by atoms with E-state index in [-0.39, 0.29) is 0 Å². The van der Waals surface area contributed by atoms with E-state index in [9.17, 15) is 4.79 Å². The minimum Gasteiger partial charge on any atom is -0.497 e. The second-order valence-corrected chi connectivity index (χ2v) is 5.79. The van der Waals surface area contributed by atoms with E-state index in [2.05, 4.69) is 5.32 Å². The molecular formula is C15H17NO3S. The molecule has 4 nitrogen and oxygen atoms in total. The number of rotatable bonds is 5. The summed E-state index contributed by atoms with van der Waals surface area (Å²) in [5, 5.41) is 12.3. The van der Waals surface area contributed by atoms with Crippen LogP contribution in [-0.4, -0.2) is 18.2 Å². The van der Waals surface area contributed by atoms with Gasteiger partial charge in [-0.1, -0.05) is 0 Å². The van der Waals surface area contributed by atoms with Gasteiger partial charge in [-0.15, -0.1) is 11.3 Å². The number of benzene rings is 1. The summed E-state index contributed by atoms with van der Waals surface area (Å²) in [5.74, 6) is -0.0436. The van der Waals surface area contributed by atoms with Gasteiger partial charge in [0.25, 0.3) is 0 Å². The van der Waals surface area contributed by atoms with Crippen molar-refractivity contribution in [2.24, 2.45) is 0 Å². The predicted octanol–water partition coefficient (Wildman–Crippen LogP) is 3.68. The quantitative estimate of drug-likeness (QED) is 0.882. The highest BCUT2D eigenvalue weighted by Crippen LogP contribution is 2.25. The molecule has 2 N–H and O–H groups in total. The van der Waals surface area contributed by atoms with Gasteiger partial charge >= 0.3 is 5.97 Å². The summed E-state index contributed by atoms with van der Waals surface area (Å²) in [6.45, 7) is 4.56. The van der Waals surface area contributed by atoms with Crippen LogP contribution in [0.4, 0.5) is 5.69 Å². The molecule has 0 aliphatic carbocycles. The minimum atomic E-state index is -0.870. The van der Waals surface area contributed by atoms with E-state index in [1.54, 1.807) is 13.2 Å². The first kappa shape index (κ1) is 14.4. The fourth-order valence-electron chi connectivity index (χ4n) is 1.95. The molecule has 20 heavy (non-hydrogen) atoms. The Morgan fingerprint density at radius 2 is 2.10 bits per heavy atom. The van der Waals surface area contributed by atoms with Gasteiger partial charge in [0, 0.05) is 17.1 Å². The molecule has 2 rings (SSSR count). The van der Waals surface area contributed by atoms with Gasteiger partial charge in [-0.3, -0.25) is 0 Å². The topological polar surface area (TPSA) is 58.6 Å². The number of thiophene rings is 1. The van der Waals surface area contributed by atoms with Gasteiger partial charge in [-0.25, -0.2) is 4.79 Å². The number of ether oxygens (including phenoxy) is 1. The number of hydrogen-bond acceptors (Lipinski definition) is 4. The molecule has 0 bridgehead atoms. The summed E-state index contributed by atoms with van der Waals surface area (Å²) >= 11 is 1.31. The van der Waals surface area contributed by atoms with E-state index in [0.29, 0.717) is 11.4 Å². The zero-order chi connectivity index (χ0) is 14.7. The number of anilines is 1. The smallest absolute Gasteiger partial charge is 0.345 e. The van der Waals surface area contributed by atoms with Crippen LogP contribution in [0.15, 0.2) is 24.3 Å². The van der Waals surface area contributed by atoms with Crippen molar-refractivity contribution in [1.82, 2.24) is 0 Å². The second-order valence-electron chi connectivity index (χ2n) is 4.53. The number of nitrogens with one attached hydrogen (secondary N) is 1. The third kappa shape index (κ3) is 3.11. The first-order valence-electron chi connectivity index (χ1n) is 6.22. The van der Waals surface area contributed by atoms with Gasteiger partial charge in [0.2, 0.25) is 0 Å². The first-order valence-corrected chi connectivity index (χ1v) is 7.04. The van der Waals surface area contributed by atoms with Crippen LogP contribution < -0.4 is 10.1 Å². The first-order chi connectivity index (χ1) is 9.51. The molecule has 0 radical (unpaired) electrons. The van der Waals surface area contributed by atoms with Crippen molar-refractivity contribution in [1.29, 1.82) is 0 Å². The van der Waals surface area contributed by atoms with Crippen molar-refractivity contribution in [2.45, 2.75) is 20.4 Å². The Morgan fingerprint density at radius 1 is 1.35 bits per heavy atom. The maximum atomic E-state index is 10.9. The zero-order valence-corrected chi connectivity index (χ0v) is 12.5. The van der Waals surface area contributed by atoms with Crippen LogP contribution in [-0.2, 0) is 6.54 Å². The number of aryl methyl sites for hydroxylation is 2. The molecule has 0 saturated carbocycles. The molecule has 0 atom stereocenters. The van der Waals surface area contributed by atoms with Crippen molar-refractivity contribution in [3.05, 3.63) is 45.1 Å². The minimum absolute atomic E-state index is 0.380. The third-order valence-corrected chi connectivity index (χ3v) is 4.21. The maximum Gasteiger partial charge on any atom is 0.345 e. The number of hydrogen-bond donors (Lipinski definition) is 2. The van der Waals surface area contributed by atoms with E-state index in [0.717, 1.165) is 27.4 Å². The summed E-state index contributed by atoms with van der Waals surface area (Å²) in [5.41, 5.74) is 3.13. The molecule has 0 spiro atoms. The second kappa shape index (κ2) is 5.96. The van der Waals surface area contributed by atoms with E-state index in [1.807, 2.05) is 32.0 Å². The fraction of sp³-hybridized carbons (Fsp3) is 0.267.